The first kappa shape index (κ1) is 21.1. The number of aromatic nitrogens is 1. The average molecular weight is 420 g/mol. The van der Waals surface area contributed by atoms with E-state index in [1.807, 2.05) is 76.7 Å². The van der Waals surface area contributed by atoms with Crippen molar-refractivity contribution in [2.45, 2.75) is 33.2 Å². The molecule has 0 bridgehead atoms. The van der Waals surface area contributed by atoms with Gasteiger partial charge in [-0.05, 0) is 51.0 Å². The number of nitrogens with zero attached hydrogens (tertiary/aromatic N) is 3. The van der Waals surface area contributed by atoms with E-state index in [4.69, 9.17) is 0 Å². The molecule has 1 saturated heterocycles. The van der Waals surface area contributed by atoms with E-state index in [1.54, 1.807) is 0 Å². The molecule has 2 heterocycles. The van der Waals surface area contributed by atoms with Crippen molar-refractivity contribution < 1.29 is 9.59 Å². The van der Waals surface area contributed by atoms with Gasteiger partial charge in [0, 0.05) is 42.9 Å². The van der Waals surface area contributed by atoms with Crippen LogP contribution >= 0.6 is 0 Å². The van der Waals surface area contributed by atoms with Crippen LogP contribution in [0.15, 0.2) is 53.3 Å². The maximum Gasteiger partial charge on any atom is 0.242 e. The molecular formula is C25H29N3O3. The third kappa shape index (κ3) is 3.94. The van der Waals surface area contributed by atoms with Crippen molar-refractivity contribution in [1.29, 1.82) is 0 Å². The molecule has 0 aliphatic carbocycles. The minimum Gasteiger partial charge on any atom is -0.343 e. The van der Waals surface area contributed by atoms with Crippen molar-refractivity contribution in [3.8, 4) is 0 Å². The number of carbonyl (C=O) groups excluding carboxylic acids is 2. The molecule has 1 aliphatic rings. The molecule has 0 unspecified atom stereocenters. The minimum absolute atomic E-state index is 0.00184. The second-order valence-electron chi connectivity index (χ2n) is 8.12. The summed E-state index contributed by atoms with van der Waals surface area (Å²) in [5, 5.41) is 1.25. The van der Waals surface area contributed by atoms with Crippen molar-refractivity contribution in [1.82, 2.24) is 14.4 Å². The van der Waals surface area contributed by atoms with Gasteiger partial charge in [-0.3, -0.25) is 14.4 Å². The van der Waals surface area contributed by atoms with Crippen LogP contribution in [0.5, 0.6) is 0 Å². The number of rotatable bonds is 5. The zero-order valence-corrected chi connectivity index (χ0v) is 18.2. The summed E-state index contributed by atoms with van der Waals surface area (Å²) in [7, 11) is 0. The summed E-state index contributed by atoms with van der Waals surface area (Å²) in [5.74, 6) is 0.222. The largest absolute Gasteiger partial charge is 0.343 e. The van der Waals surface area contributed by atoms with Gasteiger partial charge in [-0.25, -0.2) is 0 Å². The lowest BCUT2D eigenvalue weighted by molar-refractivity contribution is -0.140. The van der Waals surface area contributed by atoms with Gasteiger partial charge in [0.15, 0.2) is 5.43 Å². The van der Waals surface area contributed by atoms with Gasteiger partial charge in [0.2, 0.25) is 11.8 Å². The number of fused-ring (bicyclic) bond motifs is 2. The van der Waals surface area contributed by atoms with Crippen LogP contribution in [-0.2, 0) is 16.1 Å². The Hall–Kier alpha value is -3.15. The molecule has 6 heteroatoms. The lowest BCUT2D eigenvalue weighted by Gasteiger charge is -2.34. The average Bonchev–Trinajstić information content (AvgIpc) is 2.82. The highest BCUT2D eigenvalue weighted by molar-refractivity contribution is 5.95. The van der Waals surface area contributed by atoms with Crippen molar-refractivity contribution in [2.24, 2.45) is 5.92 Å². The molecule has 0 atom stereocenters. The molecule has 31 heavy (non-hydrogen) atoms. The van der Waals surface area contributed by atoms with E-state index in [2.05, 4.69) is 0 Å². The van der Waals surface area contributed by atoms with Crippen LogP contribution in [0.1, 0.15) is 26.7 Å². The Morgan fingerprint density at radius 2 is 1.42 bits per heavy atom. The highest BCUT2D eigenvalue weighted by atomic mass is 16.2. The van der Waals surface area contributed by atoms with Crippen LogP contribution in [0.2, 0.25) is 0 Å². The fourth-order valence-corrected chi connectivity index (χ4v) is 4.65. The predicted octanol–water partition coefficient (Wildman–Crippen LogP) is 3.26. The number of hydrogen-bond donors (Lipinski definition) is 0. The van der Waals surface area contributed by atoms with Gasteiger partial charge in [-0.1, -0.05) is 24.3 Å². The fourth-order valence-electron chi connectivity index (χ4n) is 4.65. The smallest absolute Gasteiger partial charge is 0.242 e. The first-order valence-electron chi connectivity index (χ1n) is 11.1. The Morgan fingerprint density at radius 1 is 0.903 bits per heavy atom. The number of piperidine rings is 1. The molecular weight excluding hydrogens is 390 g/mol. The monoisotopic (exact) mass is 419 g/mol. The molecule has 0 spiro atoms. The van der Waals surface area contributed by atoms with E-state index in [0.717, 1.165) is 24.1 Å². The van der Waals surface area contributed by atoms with E-state index >= 15 is 0 Å². The van der Waals surface area contributed by atoms with Crippen LogP contribution < -0.4 is 5.43 Å². The minimum atomic E-state index is -0.00868. The predicted molar refractivity (Wildman–Crippen MR) is 123 cm³/mol. The van der Waals surface area contributed by atoms with Gasteiger partial charge in [0.05, 0.1) is 11.0 Å². The van der Waals surface area contributed by atoms with Crippen LogP contribution in [-0.4, -0.2) is 52.4 Å². The van der Waals surface area contributed by atoms with Crippen molar-refractivity contribution in [3.05, 3.63) is 58.8 Å². The van der Waals surface area contributed by atoms with E-state index in [-0.39, 0.29) is 29.7 Å². The Labute approximate surface area is 182 Å². The maximum atomic E-state index is 13.2. The number of hydrogen-bond acceptors (Lipinski definition) is 3. The zero-order valence-electron chi connectivity index (χ0n) is 18.2. The van der Waals surface area contributed by atoms with Crippen LogP contribution in [0.3, 0.4) is 0 Å². The lowest BCUT2D eigenvalue weighted by Crippen LogP contribution is -2.45. The van der Waals surface area contributed by atoms with E-state index in [9.17, 15) is 14.4 Å². The van der Waals surface area contributed by atoms with Gasteiger partial charge >= 0.3 is 0 Å². The van der Waals surface area contributed by atoms with E-state index in [0.29, 0.717) is 36.7 Å². The highest BCUT2D eigenvalue weighted by Crippen LogP contribution is 2.22. The Morgan fingerprint density at radius 3 is 1.94 bits per heavy atom. The number of pyridine rings is 1. The molecule has 162 valence electrons. The fraction of sp³-hybridized carbons (Fsp3) is 0.400. The summed E-state index contributed by atoms with van der Waals surface area (Å²) in [6, 6.07) is 14.9. The first-order valence-corrected chi connectivity index (χ1v) is 11.1. The molecule has 6 nitrogen and oxygen atoms in total. The van der Waals surface area contributed by atoms with E-state index in [1.165, 1.54) is 0 Å². The zero-order chi connectivity index (χ0) is 22.0. The normalized spacial score (nSPS) is 14.8. The second kappa shape index (κ2) is 8.92. The molecule has 0 N–H and O–H groups in total. The third-order valence-electron chi connectivity index (χ3n) is 6.44. The highest BCUT2D eigenvalue weighted by Gasteiger charge is 2.29. The van der Waals surface area contributed by atoms with E-state index < -0.39 is 0 Å². The second-order valence-corrected chi connectivity index (χ2v) is 8.12. The SMILES string of the molecule is CCN(CC)C(=O)C1CCN(C(=O)Cn2c3ccccc3c(=O)c3ccccc32)CC1. The third-order valence-corrected chi connectivity index (χ3v) is 6.44. The Kier molecular flexibility index (Phi) is 6.07. The summed E-state index contributed by atoms with van der Waals surface area (Å²) in [5.41, 5.74) is 1.53. The van der Waals surface area contributed by atoms with Crippen LogP contribution in [0, 0.1) is 5.92 Å². The number of amides is 2. The van der Waals surface area contributed by atoms with Gasteiger partial charge < -0.3 is 14.4 Å². The van der Waals surface area contributed by atoms with Crippen molar-refractivity contribution in [2.75, 3.05) is 26.2 Å². The van der Waals surface area contributed by atoms with Gasteiger partial charge in [0.25, 0.3) is 0 Å². The summed E-state index contributed by atoms with van der Waals surface area (Å²) in [6.07, 6.45) is 1.40. The molecule has 0 saturated carbocycles. The quantitative estimate of drug-likeness (QED) is 0.597. The number of carbonyl (C=O) groups is 2. The van der Waals surface area contributed by atoms with Crippen LogP contribution in [0.25, 0.3) is 21.8 Å². The van der Waals surface area contributed by atoms with Crippen molar-refractivity contribution >= 4 is 33.6 Å². The van der Waals surface area contributed by atoms with Gasteiger partial charge in [-0.15, -0.1) is 0 Å². The summed E-state index contributed by atoms with van der Waals surface area (Å²) in [6.45, 7) is 6.80. The molecule has 3 aromatic rings. The molecule has 2 aromatic carbocycles. The standard InChI is InChI=1S/C25H29N3O3/c1-3-26(4-2)25(31)18-13-15-27(16-14-18)23(29)17-28-21-11-7-5-9-19(21)24(30)20-10-6-8-12-22(20)28/h5-12,18H,3-4,13-17H2,1-2H3. The summed E-state index contributed by atoms with van der Waals surface area (Å²) in [4.78, 5) is 42.5. The molecule has 4 rings (SSSR count). The van der Waals surface area contributed by atoms with Crippen LogP contribution in [0.4, 0.5) is 0 Å². The molecule has 1 fully saturated rings. The maximum absolute atomic E-state index is 13.2. The number of benzene rings is 2. The van der Waals surface area contributed by atoms with Crippen molar-refractivity contribution in [3.63, 3.8) is 0 Å². The summed E-state index contributed by atoms with van der Waals surface area (Å²) >= 11 is 0. The topological polar surface area (TPSA) is 62.6 Å². The lowest BCUT2D eigenvalue weighted by atomic mass is 9.95. The van der Waals surface area contributed by atoms with Gasteiger partial charge in [0.1, 0.15) is 6.54 Å². The summed E-state index contributed by atoms with van der Waals surface area (Å²) < 4.78 is 1.95. The van der Waals surface area contributed by atoms with Gasteiger partial charge in [-0.2, -0.15) is 0 Å². The molecule has 1 aliphatic heterocycles. The number of likely N-dealkylation sites (tertiary alicyclic amines) is 1. The first-order chi connectivity index (χ1) is 15.0. The Bertz CT molecular complexity index is 1110. The molecule has 2 amide bonds. The molecule has 0 radical (unpaired) electrons. The molecule has 1 aromatic heterocycles. The Balaban J connectivity index is 1.57. The number of para-hydroxylation sites is 2.